The Balaban J connectivity index is 2.67. The summed E-state index contributed by atoms with van der Waals surface area (Å²) in [6.45, 7) is 6.00. The zero-order chi connectivity index (χ0) is 10.1. The minimum atomic E-state index is 0.987. The van der Waals surface area contributed by atoms with Crippen LogP contribution in [-0.2, 0) is 0 Å². The van der Waals surface area contributed by atoms with Crippen LogP contribution in [0.25, 0.3) is 11.0 Å². The minimum absolute atomic E-state index is 0.987. The van der Waals surface area contributed by atoms with Crippen LogP contribution in [0.15, 0.2) is 29.6 Å². The van der Waals surface area contributed by atoms with Crippen LogP contribution >= 0.6 is 0 Å². The highest BCUT2D eigenvalue weighted by molar-refractivity contribution is 5.81. The molecule has 2 heterocycles. The van der Waals surface area contributed by atoms with Crippen LogP contribution in [0, 0.1) is 6.92 Å². The van der Waals surface area contributed by atoms with Gasteiger partial charge in [0.25, 0.3) is 0 Å². The predicted molar refractivity (Wildman–Crippen MR) is 58.7 cm³/mol. The molecule has 2 rings (SSSR count). The van der Waals surface area contributed by atoms with E-state index in [0.717, 1.165) is 22.3 Å². The first-order valence-electron chi connectivity index (χ1n) is 4.63. The predicted octanol–water partition coefficient (Wildman–Crippen LogP) is 2.59. The van der Waals surface area contributed by atoms with Crippen LogP contribution in [0.3, 0.4) is 0 Å². The van der Waals surface area contributed by atoms with E-state index >= 15 is 0 Å². The van der Waals surface area contributed by atoms with E-state index in [1.807, 2.05) is 43.9 Å². The molecular weight excluding hydrogens is 174 g/mol. The third kappa shape index (κ3) is 1.53. The normalized spacial score (nSPS) is 10.5. The van der Waals surface area contributed by atoms with Crippen molar-refractivity contribution < 1.29 is 0 Å². The number of aryl methyl sites for hydroxylation is 1. The molecule has 0 atom stereocenters. The van der Waals surface area contributed by atoms with Crippen molar-refractivity contribution >= 4 is 16.7 Å². The largest absolute Gasteiger partial charge is 0.254 e. The van der Waals surface area contributed by atoms with Gasteiger partial charge in [-0.1, -0.05) is 0 Å². The topological polar surface area (TPSA) is 30.2 Å². The Labute approximate surface area is 83.1 Å². The molecule has 0 radical (unpaired) electrons. The van der Waals surface area contributed by atoms with Gasteiger partial charge >= 0.3 is 0 Å². The maximum atomic E-state index is 4.38. The molecule has 0 aromatic carbocycles. The van der Waals surface area contributed by atoms with Crippen molar-refractivity contribution in [2.24, 2.45) is 5.10 Å². The van der Waals surface area contributed by atoms with Crippen LogP contribution in [0.4, 0.5) is 0 Å². The fourth-order valence-corrected chi connectivity index (χ4v) is 1.40. The van der Waals surface area contributed by atoms with Gasteiger partial charge in [-0.2, -0.15) is 5.10 Å². The highest BCUT2D eigenvalue weighted by Crippen LogP contribution is 2.14. The van der Waals surface area contributed by atoms with Gasteiger partial charge in [0.2, 0.25) is 0 Å². The molecule has 0 spiro atoms. The maximum Gasteiger partial charge on any atom is 0.0905 e. The van der Waals surface area contributed by atoms with Gasteiger partial charge in [-0.25, -0.2) is 4.68 Å². The molecule has 0 aliphatic rings. The Morgan fingerprint density at radius 3 is 2.93 bits per heavy atom. The molecule has 0 fully saturated rings. The van der Waals surface area contributed by atoms with Crippen molar-refractivity contribution in [2.75, 3.05) is 0 Å². The smallest absolute Gasteiger partial charge is 0.0905 e. The van der Waals surface area contributed by atoms with Crippen LogP contribution < -0.4 is 0 Å². The number of fused-ring (bicyclic) bond motifs is 1. The molecule has 0 aliphatic heterocycles. The van der Waals surface area contributed by atoms with Gasteiger partial charge in [0.1, 0.15) is 0 Å². The van der Waals surface area contributed by atoms with E-state index in [-0.39, 0.29) is 0 Å². The molecule has 0 saturated heterocycles. The molecule has 3 nitrogen and oxygen atoms in total. The van der Waals surface area contributed by atoms with Crippen molar-refractivity contribution in [2.45, 2.75) is 20.8 Å². The second kappa shape index (κ2) is 3.25. The fourth-order valence-electron chi connectivity index (χ4n) is 1.40. The Hall–Kier alpha value is -1.64. The van der Waals surface area contributed by atoms with Gasteiger partial charge in [0, 0.05) is 18.1 Å². The first-order chi connectivity index (χ1) is 6.66. The van der Waals surface area contributed by atoms with Gasteiger partial charge in [-0.15, -0.1) is 0 Å². The van der Waals surface area contributed by atoms with E-state index < -0.39 is 0 Å². The molecular formula is C11H13N3. The quantitative estimate of drug-likeness (QED) is 0.631. The third-order valence-corrected chi connectivity index (χ3v) is 1.96. The second-order valence-electron chi connectivity index (χ2n) is 3.62. The minimum Gasteiger partial charge on any atom is -0.254 e. The zero-order valence-corrected chi connectivity index (χ0v) is 8.65. The number of pyridine rings is 1. The van der Waals surface area contributed by atoms with Crippen molar-refractivity contribution in [1.29, 1.82) is 0 Å². The lowest BCUT2D eigenvalue weighted by molar-refractivity contribution is 0.920. The molecule has 72 valence electrons. The Bertz CT molecular complexity index is 490. The molecule has 3 heteroatoms. The van der Waals surface area contributed by atoms with E-state index in [2.05, 4.69) is 16.2 Å². The molecule has 14 heavy (non-hydrogen) atoms. The van der Waals surface area contributed by atoms with Gasteiger partial charge < -0.3 is 0 Å². The van der Waals surface area contributed by atoms with Gasteiger partial charge in [-0.05, 0) is 38.5 Å². The highest BCUT2D eigenvalue weighted by atomic mass is 15.3. The van der Waals surface area contributed by atoms with Gasteiger partial charge in [0.05, 0.1) is 11.0 Å². The van der Waals surface area contributed by atoms with Crippen molar-refractivity contribution in [1.82, 2.24) is 9.66 Å². The molecule has 0 saturated carbocycles. The summed E-state index contributed by atoms with van der Waals surface area (Å²) in [5.74, 6) is 0. The second-order valence-corrected chi connectivity index (χ2v) is 3.62. The highest BCUT2D eigenvalue weighted by Gasteiger charge is 2.00. The fraction of sp³-hybridized carbons (Fsp3) is 0.273. The average Bonchev–Trinajstić information content (AvgIpc) is 2.47. The molecule has 0 aliphatic carbocycles. The van der Waals surface area contributed by atoms with Gasteiger partial charge in [-0.3, -0.25) is 4.98 Å². The summed E-state index contributed by atoms with van der Waals surface area (Å²) in [7, 11) is 0. The number of nitrogens with zero attached hydrogens (tertiary/aromatic N) is 3. The Kier molecular flexibility index (Phi) is 2.08. The van der Waals surface area contributed by atoms with Crippen molar-refractivity contribution in [3.63, 3.8) is 0 Å². The van der Waals surface area contributed by atoms with Gasteiger partial charge in [0.15, 0.2) is 0 Å². The summed E-state index contributed by atoms with van der Waals surface area (Å²) >= 11 is 0. The van der Waals surface area contributed by atoms with Crippen LogP contribution in [0.5, 0.6) is 0 Å². The Morgan fingerprint density at radius 2 is 2.21 bits per heavy atom. The van der Waals surface area contributed by atoms with Crippen molar-refractivity contribution in [3.8, 4) is 0 Å². The van der Waals surface area contributed by atoms with E-state index in [4.69, 9.17) is 0 Å². The molecule has 2 aromatic rings. The standard InChI is InChI=1S/C11H13N3/c1-8(2)13-14-5-4-10-11(14)6-9(3)7-12-10/h4-7H,1-3H3. The molecule has 0 amide bonds. The summed E-state index contributed by atoms with van der Waals surface area (Å²) in [5, 5.41) is 4.38. The number of hydrogen-bond acceptors (Lipinski definition) is 2. The zero-order valence-electron chi connectivity index (χ0n) is 8.65. The Morgan fingerprint density at radius 1 is 1.43 bits per heavy atom. The van der Waals surface area contributed by atoms with Crippen LogP contribution in [0.1, 0.15) is 19.4 Å². The summed E-state index contributed by atoms with van der Waals surface area (Å²) in [4.78, 5) is 4.32. The summed E-state index contributed by atoms with van der Waals surface area (Å²) in [5.41, 5.74) is 4.23. The average molecular weight is 187 g/mol. The summed E-state index contributed by atoms with van der Waals surface area (Å²) in [6, 6.07) is 4.07. The van der Waals surface area contributed by atoms with E-state index in [9.17, 15) is 0 Å². The lowest BCUT2D eigenvalue weighted by atomic mass is 10.3. The van der Waals surface area contributed by atoms with Crippen LogP contribution in [-0.4, -0.2) is 15.4 Å². The molecule has 0 unspecified atom stereocenters. The number of hydrogen-bond donors (Lipinski definition) is 0. The molecule has 0 bridgehead atoms. The summed E-state index contributed by atoms with van der Waals surface area (Å²) in [6.07, 6.45) is 3.80. The first-order valence-corrected chi connectivity index (χ1v) is 4.63. The van der Waals surface area contributed by atoms with E-state index in [1.165, 1.54) is 0 Å². The van der Waals surface area contributed by atoms with Crippen LogP contribution in [0.2, 0.25) is 0 Å². The summed E-state index contributed by atoms with van der Waals surface area (Å²) < 4.78 is 1.87. The molecule has 2 aromatic heterocycles. The molecule has 0 N–H and O–H groups in total. The SMILES string of the molecule is CC(C)=Nn1ccc2ncc(C)cc21. The van der Waals surface area contributed by atoms with Crippen molar-refractivity contribution in [3.05, 3.63) is 30.1 Å². The van der Waals surface area contributed by atoms with E-state index in [0.29, 0.717) is 0 Å². The third-order valence-electron chi connectivity index (χ3n) is 1.96. The first kappa shape index (κ1) is 8.94. The lowest BCUT2D eigenvalue weighted by Crippen LogP contribution is -1.91. The monoisotopic (exact) mass is 187 g/mol. The lowest BCUT2D eigenvalue weighted by Gasteiger charge is -1.98. The van der Waals surface area contributed by atoms with E-state index in [1.54, 1.807) is 0 Å². The number of rotatable bonds is 1. The number of aromatic nitrogens is 2. The maximum absolute atomic E-state index is 4.38.